The molecule has 170 valence electrons. The van der Waals surface area contributed by atoms with Crippen LogP contribution in [0.5, 0.6) is 0 Å². The second kappa shape index (κ2) is 7.43. The molecule has 2 aliphatic carbocycles. The lowest BCUT2D eigenvalue weighted by Gasteiger charge is -2.49. The molecule has 1 amide bonds. The molecule has 6 nitrogen and oxygen atoms in total. The lowest BCUT2D eigenvalue weighted by Crippen LogP contribution is -2.55. The number of nitriles is 1. The number of rotatable bonds is 2. The zero-order chi connectivity index (χ0) is 23.5. The highest BCUT2D eigenvalue weighted by Crippen LogP contribution is 2.63. The second-order valence-corrected chi connectivity index (χ2v) is 10.4. The maximum atomic E-state index is 14.3. The Morgan fingerprint density at radius 1 is 1.21 bits per heavy atom. The van der Waals surface area contributed by atoms with E-state index in [0.29, 0.717) is 31.4 Å². The first-order valence-electron chi connectivity index (χ1n) is 11.7. The molecule has 5 atom stereocenters. The van der Waals surface area contributed by atoms with Crippen LogP contribution in [0.2, 0.25) is 0 Å². The molecule has 0 aromatic heterocycles. The predicted octanol–water partition coefficient (Wildman–Crippen LogP) is 3.39. The first kappa shape index (κ1) is 21.7. The van der Waals surface area contributed by atoms with E-state index in [2.05, 4.69) is 26.0 Å². The average Bonchev–Trinajstić information content (AvgIpc) is 3.18. The van der Waals surface area contributed by atoms with Gasteiger partial charge in [-0.25, -0.2) is 4.99 Å². The van der Waals surface area contributed by atoms with Crippen LogP contribution in [0.4, 0.5) is 0 Å². The number of carbonyl (C=O) groups excluding carboxylic acids is 1. The van der Waals surface area contributed by atoms with Gasteiger partial charge in [-0.15, -0.1) is 0 Å². The summed E-state index contributed by atoms with van der Waals surface area (Å²) in [5.41, 5.74) is 9.31. The van der Waals surface area contributed by atoms with Gasteiger partial charge in [-0.1, -0.05) is 49.7 Å². The summed E-state index contributed by atoms with van der Waals surface area (Å²) in [6, 6.07) is 15.9. The van der Waals surface area contributed by atoms with E-state index in [-0.39, 0.29) is 23.7 Å². The minimum atomic E-state index is -1.16. The number of carbonyl (C=O) groups is 1. The summed E-state index contributed by atoms with van der Waals surface area (Å²) in [5.74, 6) is 0.171. The Morgan fingerprint density at radius 3 is 2.61 bits per heavy atom. The van der Waals surface area contributed by atoms with Gasteiger partial charge in [0.2, 0.25) is 0 Å². The van der Waals surface area contributed by atoms with Gasteiger partial charge in [0.25, 0.3) is 5.91 Å². The number of aryl methyl sites for hydroxylation is 1. The Hall–Kier alpha value is -3.17. The van der Waals surface area contributed by atoms with E-state index in [9.17, 15) is 15.2 Å². The van der Waals surface area contributed by atoms with E-state index < -0.39 is 17.1 Å². The number of nitrogens with zero attached hydrogens (tertiary/aromatic N) is 3. The van der Waals surface area contributed by atoms with Crippen LogP contribution in [-0.4, -0.2) is 28.0 Å². The van der Waals surface area contributed by atoms with E-state index in [1.807, 2.05) is 43.3 Å². The van der Waals surface area contributed by atoms with Gasteiger partial charge >= 0.3 is 0 Å². The fourth-order valence-corrected chi connectivity index (χ4v) is 6.72. The van der Waals surface area contributed by atoms with Crippen molar-refractivity contribution < 1.29 is 9.90 Å². The van der Waals surface area contributed by atoms with Gasteiger partial charge in [0.05, 0.1) is 24.3 Å². The number of nitrogens with two attached hydrogens (primary N) is 1. The summed E-state index contributed by atoms with van der Waals surface area (Å²) in [7, 11) is 0. The number of aliphatic hydroxyl groups is 1. The Labute approximate surface area is 194 Å². The highest BCUT2D eigenvalue weighted by Gasteiger charge is 2.68. The number of benzene rings is 2. The normalized spacial score (nSPS) is 32.8. The van der Waals surface area contributed by atoms with Crippen molar-refractivity contribution in [3.8, 4) is 6.07 Å². The molecule has 5 rings (SSSR count). The molecule has 6 heteroatoms. The lowest BCUT2D eigenvalue weighted by atomic mass is 9.56. The Kier molecular flexibility index (Phi) is 4.88. The lowest BCUT2D eigenvalue weighted by molar-refractivity contribution is -0.141. The number of hydrogen-bond donors (Lipinski definition) is 2. The van der Waals surface area contributed by atoms with Crippen LogP contribution < -0.4 is 5.73 Å². The van der Waals surface area contributed by atoms with Gasteiger partial charge < -0.3 is 10.8 Å². The van der Waals surface area contributed by atoms with E-state index in [1.54, 1.807) is 4.90 Å². The highest BCUT2D eigenvalue weighted by molar-refractivity contribution is 6.08. The van der Waals surface area contributed by atoms with E-state index >= 15 is 0 Å². The minimum Gasteiger partial charge on any atom is -0.393 e. The van der Waals surface area contributed by atoms with Crippen LogP contribution in [0.1, 0.15) is 54.5 Å². The molecule has 0 bridgehead atoms. The number of guanidine groups is 1. The van der Waals surface area contributed by atoms with Gasteiger partial charge in [0, 0.05) is 5.41 Å². The molecule has 1 aliphatic heterocycles. The zero-order valence-electron chi connectivity index (χ0n) is 19.4. The number of aliphatic imine (C=N–C) groups is 1. The number of aliphatic hydroxyl groups excluding tert-OH is 1. The van der Waals surface area contributed by atoms with Crippen molar-refractivity contribution in [3.05, 3.63) is 70.3 Å². The van der Waals surface area contributed by atoms with E-state index in [4.69, 9.17) is 10.7 Å². The maximum Gasteiger partial charge on any atom is 0.262 e. The van der Waals surface area contributed by atoms with Crippen molar-refractivity contribution in [2.24, 2.45) is 28.0 Å². The summed E-state index contributed by atoms with van der Waals surface area (Å²) in [4.78, 5) is 20.9. The number of amides is 1. The summed E-state index contributed by atoms with van der Waals surface area (Å²) < 4.78 is 0. The first-order chi connectivity index (χ1) is 15.7. The quantitative estimate of drug-likeness (QED) is 0.744. The van der Waals surface area contributed by atoms with Crippen LogP contribution in [0.15, 0.2) is 47.5 Å². The monoisotopic (exact) mass is 442 g/mol. The Bertz CT molecular complexity index is 1200. The molecular formula is C27H30N4O2. The van der Waals surface area contributed by atoms with Crippen LogP contribution >= 0.6 is 0 Å². The third-order valence-corrected chi connectivity index (χ3v) is 8.05. The number of fused-ring (bicyclic) bond motifs is 3. The van der Waals surface area contributed by atoms with Gasteiger partial charge in [0.1, 0.15) is 0 Å². The third kappa shape index (κ3) is 3.02. The average molecular weight is 443 g/mol. The SMILES string of the molecule is Cc1cccc(CN2C(=O)[C@]3(N=C2N)c2cc(C#N)ccc2C[C@@]32C[C@@H](C)[C@H](O)[C@@H](C)C2)c1. The van der Waals surface area contributed by atoms with Crippen molar-refractivity contribution in [2.75, 3.05) is 0 Å². The molecular weight excluding hydrogens is 412 g/mol. The summed E-state index contributed by atoms with van der Waals surface area (Å²) in [5, 5.41) is 20.3. The number of hydrogen-bond acceptors (Lipinski definition) is 5. The minimum absolute atomic E-state index is 0.0328. The third-order valence-electron chi connectivity index (χ3n) is 8.05. The molecule has 0 saturated heterocycles. The zero-order valence-corrected chi connectivity index (χ0v) is 19.4. The van der Waals surface area contributed by atoms with Gasteiger partial charge in [-0.05, 0) is 66.8 Å². The Morgan fingerprint density at radius 2 is 1.94 bits per heavy atom. The summed E-state index contributed by atoms with van der Waals surface area (Å²) in [6.07, 6.45) is 1.63. The van der Waals surface area contributed by atoms with Crippen molar-refractivity contribution in [1.29, 1.82) is 5.26 Å². The fourth-order valence-electron chi connectivity index (χ4n) is 6.72. The topological polar surface area (TPSA) is 103 Å². The van der Waals surface area contributed by atoms with E-state index in [1.165, 1.54) is 0 Å². The molecule has 33 heavy (non-hydrogen) atoms. The highest BCUT2D eigenvalue weighted by atomic mass is 16.3. The first-order valence-corrected chi connectivity index (χ1v) is 11.7. The van der Waals surface area contributed by atoms with Crippen LogP contribution in [0.3, 0.4) is 0 Å². The van der Waals surface area contributed by atoms with Crippen LogP contribution in [0.25, 0.3) is 0 Å². The van der Waals surface area contributed by atoms with Crippen LogP contribution in [-0.2, 0) is 23.3 Å². The second-order valence-electron chi connectivity index (χ2n) is 10.4. The maximum absolute atomic E-state index is 14.3. The van der Waals surface area contributed by atoms with Gasteiger partial charge in [-0.3, -0.25) is 9.69 Å². The van der Waals surface area contributed by atoms with Gasteiger partial charge in [0.15, 0.2) is 11.5 Å². The molecule has 3 N–H and O–H groups in total. The van der Waals surface area contributed by atoms with E-state index in [0.717, 1.165) is 22.3 Å². The molecule has 2 spiro atoms. The van der Waals surface area contributed by atoms with Crippen molar-refractivity contribution in [3.63, 3.8) is 0 Å². The smallest absolute Gasteiger partial charge is 0.262 e. The summed E-state index contributed by atoms with van der Waals surface area (Å²) >= 11 is 0. The molecule has 2 aromatic rings. The molecule has 1 fully saturated rings. The van der Waals surface area contributed by atoms with Crippen molar-refractivity contribution in [2.45, 2.75) is 58.2 Å². The molecule has 1 heterocycles. The largest absolute Gasteiger partial charge is 0.393 e. The molecule has 3 aliphatic rings. The molecule has 2 aromatic carbocycles. The Balaban J connectivity index is 1.66. The fraction of sp³-hybridized carbons (Fsp3) is 0.444. The molecule has 0 unspecified atom stereocenters. The van der Waals surface area contributed by atoms with Gasteiger partial charge in [-0.2, -0.15) is 5.26 Å². The summed E-state index contributed by atoms with van der Waals surface area (Å²) in [6.45, 7) is 6.48. The predicted molar refractivity (Wildman–Crippen MR) is 126 cm³/mol. The molecule has 0 radical (unpaired) electrons. The molecule has 1 saturated carbocycles. The van der Waals surface area contributed by atoms with Crippen LogP contribution in [0, 0.1) is 35.5 Å². The standard InChI is InChI=1S/C27H30N4O2/c1-16-5-4-6-20(9-16)15-31-24(33)27(30-25(31)29)22-10-19(14-28)7-8-21(22)13-26(27)11-17(2)23(32)18(3)12-26/h4-10,17-18,23,32H,11-13,15H2,1-3H3,(H2,29,30)/t17-,18+,23+,26+,27-/m1/s1. The van der Waals surface area contributed by atoms with Crippen molar-refractivity contribution in [1.82, 2.24) is 4.90 Å². The van der Waals surface area contributed by atoms with Crippen molar-refractivity contribution >= 4 is 11.9 Å².